The van der Waals surface area contributed by atoms with Crippen LogP contribution < -0.4 is 5.73 Å². The molecule has 2 atom stereocenters. The zero-order chi connectivity index (χ0) is 14.3. The van der Waals surface area contributed by atoms with Gasteiger partial charge in [-0.25, -0.2) is 0 Å². The molecule has 0 aliphatic rings. The van der Waals surface area contributed by atoms with Crippen LogP contribution in [-0.4, -0.2) is 26.4 Å². The van der Waals surface area contributed by atoms with E-state index >= 15 is 0 Å². The number of hydrogen-bond donors (Lipinski definition) is 1. The first-order valence-corrected chi connectivity index (χ1v) is 10.9. The first-order chi connectivity index (χ1) is 8.95. The molecular weight excluding hydrogens is 250 g/mol. The summed E-state index contributed by atoms with van der Waals surface area (Å²) in [6.07, 6.45) is 3.36. The monoisotopic (exact) mass is 279 g/mol. The van der Waals surface area contributed by atoms with Crippen LogP contribution in [0.4, 0.5) is 0 Å². The Balaban J connectivity index is 2.69. The summed E-state index contributed by atoms with van der Waals surface area (Å²) in [5.41, 5.74) is 7.96. The molecule has 0 saturated heterocycles. The van der Waals surface area contributed by atoms with Gasteiger partial charge in [0.1, 0.15) is 0 Å². The van der Waals surface area contributed by atoms with Crippen molar-refractivity contribution in [3.8, 4) is 0 Å². The number of rotatable bonds is 8. The van der Waals surface area contributed by atoms with Crippen LogP contribution >= 0.6 is 0 Å². The number of nitrogens with two attached hydrogens (primary N) is 1. The van der Waals surface area contributed by atoms with E-state index in [1.54, 1.807) is 0 Å². The molecule has 2 unspecified atom stereocenters. The molecule has 19 heavy (non-hydrogen) atoms. The molecule has 3 heteroatoms. The molecule has 0 spiro atoms. The Hall–Kier alpha value is -0.643. The molecule has 0 fully saturated rings. The van der Waals surface area contributed by atoms with Crippen molar-refractivity contribution in [2.75, 3.05) is 6.61 Å². The van der Waals surface area contributed by atoms with Crippen molar-refractivity contribution >= 4 is 8.07 Å². The Morgan fingerprint density at radius 2 is 1.79 bits per heavy atom. The molecular formula is C16H29NOSi. The van der Waals surface area contributed by atoms with E-state index in [0.717, 1.165) is 19.4 Å². The summed E-state index contributed by atoms with van der Waals surface area (Å²) in [4.78, 5) is 0. The standard InChI is InChI=1S/C16H29NOSi/c1-5-6-12-18-15(16(17)19(2,3)4)13-14-10-8-7-9-11-14/h7-11,15-16H,5-6,12-13,17H2,1-4H3. The molecule has 0 aromatic heterocycles. The van der Waals surface area contributed by atoms with Crippen LogP contribution in [0, 0.1) is 0 Å². The number of ether oxygens (including phenoxy) is 1. The second-order valence-corrected chi connectivity index (χ2v) is 11.7. The first kappa shape index (κ1) is 16.4. The van der Waals surface area contributed by atoms with E-state index in [1.165, 1.54) is 12.0 Å². The number of hydrogen-bond acceptors (Lipinski definition) is 2. The van der Waals surface area contributed by atoms with E-state index in [-0.39, 0.29) is 11.8 Å². The molecule has 2 N–H and O–H groups in total. The van der Waals surface area contributed by atoms with Crippen molar-refractivity contribution in [2.45, 2.75) is 57.6 Å². The summed E-state index contributed by atoms with van der Waals surface area (Å²) >= 11 is 0. The molecule has 0 radical (unpaired) electrons. The van der Waals surface area contributed by atoms with E-state index < -0.39 is 8.07 Å². The molecule has 108 valence electrons. The second-order valence-electron chi connectivity index (χ2n) is 6.34. The van der Waals surface area contributed by atoms with Crippen LogP contribution in [0.2, 0.25) is 19.6 Å². The molecule has 0 bridgehead atoms. The van der Waals surface area contributed by atoms with Gasteiger partial charge in [0.25, 0.3) is 0 Å². The summed E-state index contributed by atoms with van der Waals surface area (Å²) in [7, 11) is -1.38. The van der Waals surface area contributed by atoms with Crippen LogP contribution in [0.25, 0.3) is 0 Å². The Morgan fingerprint density at radius 3 is 2.32 bits per heavy atom. The van der Waals surface area contributed by atoms with Crippen molar-refractivity contribution in [3.05, 3.63) is 35.9 Å². The van der Waals surface area contributed by atoms with Gasteiger partial charge in [0.05, 0.1) is 14.2 Å². The second kappa shape index (κ2) is 7.83. The molecule has 1 aromatic carbocycles. The van der Waals surface area contributed by atoms with Crippen molar-refractivity contribution in [1.82, 2.24) is 0 Å². The average molecular weight is 280 g/mol. The van der Waals surface area contributed by atoms with Gasteiger partial charge in [-0.05, 0) is 18.4 Å². The smallest absolute Gasteiger partial charge is 0.0739 e. The van der Waals surface area contributed by atoms with Gasteiger partial charge in [-0.1, -0.05) is 63.3 Å². The van der Waals surface area contributed by atoms with Gasteiger partial charge in [0.2, 0.25) is 0 Å². The molecule has 1 rings (SSSR count). The van der Waals surface area contributed by atoms with Crippen molar-refractivity contribution in [2.24, 2.45) is 5.73 Å². The highest BCUT2D eigenvalue weighted by atomic mass is 28.3. The molecule has 2 nitrogen and oxygen atoms in total. The van der Waals surface area contributed by atoms with Crippen LogP contribution in [0.3, 0.4) is 0 Å². The summed E-state index contributed by atoms with van der Waals surface area (Å²) in [5.74, 6) is 0. The Labute approximate surface area is 119 Å². The van der Waals surface area contributed by atoms with Crippen molar-refractivity contribution in [3.63, 3.8) is 0 Å². The summed E-state index contributed by atoms with van der Waals surface area (Å²) in [6, 6.07) is 10.5. The predicted molar refractivity (Wildman–Crippen MR) is 86.1 cm³/mol. The van der Waals surface area contributed by atoms with Gasteiger partial charge in [0, 0.05) is 12.3 Å². The van der Waals surface area contributed by atoms with E-state index in [1.807, 2.05) is 0 Å². The van der Waals surface area contributed by atoms with Gasteiger partial charge >= 0.3 is 0 Å². The van der Waals surface area contributed by atoms with Crippen molar-refractivity contribution < 1.29 is 4.74 Å². The third kappa shape index (κ3) is 5.89. The maximum atomic E-state index is 6.46. The predicted octanol–water partition coefficient (Wildman–Crippen LogP) is 3.62. The maximum absolute atomic E-state index is 6.46. The third-order valence-corrected chi connectivity index (χ3v) is 5.88. The van der Waals surface area contributed by atoms with E-state index in [4.69, 9.17) is 10.5 Å². The largest absolute Gasteiger partial charge is 0.377 e. The van der Waals surface area contributed by atoms with Crippen LogP contribution in [0.1, 0.15) is 25.3 Å². The minimum Gasteiger partial charge on any atom is -0.377 e. The van der Waals surface area contributed by atoms with Gasteiger partial charge in [0.15, 0.2) is 0 Å². The lowest BCUT2D eigenvalue weighted by molar-refractivity contribution is 0.0476. The first-order valence-electron chi connectivity index (χ1n) is 7.36. The fraction of sp³-hybridized carbons (Fsp3) is 0.625. The van der Waals surface area contributed by atoms with Gasteiger partial charge in [-0.3, -0.25) is 0 Å². The Morgan fingerprint density at radius 1 is 1.16 bits per heavy atom. The van der Waals surface area contributed by atoms with Gasteiger partial charge < -0.3 is 10.5 Å². The lowest BCUT2D eigenvalue weighted by atomic mass is 10.1. The molecule has 0 heterocycles. The zero-order valence-electron chi connectivity index (χ0n) is 12.9. The minimum atomic E-state index is -1.38. The Kier molecular flexibility index (Phi) is 6.76. The number of unbranched alkanes of at least 4 members (excludes halogenated alkanes) is 1. The zero-order valence-corrected chi connectivity index (χ0v) is 13.9. The van der Waals surface area contributed by atoms with Gasteiger partial charge in [-0.2, -0.15) is 0 Å². The topological polar surface area (TPSA) is 35.2 Å². The highest BCUT2D eigenvalue weighted by Gasteiger charge is 2.31. The minimum absolute atomic E-state index is 0.153. The van der Waals surface area contributed by atoms with Crippen molar-refractivity contribution in [1.29, 1.82) is 0 Å². The normalized spacial score (nSPS) is 15.2. The third-order valence-electron chi connectivity index (χ3n) is 3.51. The van der Waals surface area contributed by atoms with E-state index in [0.29, 0.717) is 0 Å². The fourth-order valence-corrected chi connectivity index (χ4v) is 3.40. The lowest BCUT2D eigenvalue weighted by Gasteiger charge is -2.33. The highest BCUT2D eigenvalue weighted by molar-refractivity contribution is 6.77. The van der Waals surface area contributed by atoms with Crippen LogP contribution in [-0.2, 0) is 11.2 Å². The molecule has 0 saturated carbocycles. The maximum Gasteiger partial charge on any atom is 0.0739 e. The summed E-state index contributed by atoms with van der Waals surface area (Å²) in [5, 5.41) is 0. The lowest BCUT2D eigenvalue weighted by Crippen LogP contribution is -2.54. The van der Waals surface area contributed by atoms with E-state index in [9.17, 15) is 0 Å². The molecule has 0 aliphatic carbocycles. The van der Waals surface area contributed by atoms with Gasteiger partial charge in [-0.15, -0.1) is 0 Å². The molecule has 0 aliphatic heterocycles. The SMILES string of the molecule is CCCCOC(Cc1ccccc1)C(N)[Si](C)(C)C. The highest BCUT2D eigenvalue weighted by Crippen LogP contribution is 2.16. The quantitative estimate of drug-likeness (QED) is 0.583. The average Bonchev–Trinajstić information content (AvgIpc) is 2.37. The fourth-order valence-electron chi connectivity index (χ4n) is 2.07. The summed E-state index contributed by atoms with van der Waals surface area (Å²) < 4.78 is 6.08. The number of benzene rings is 1. The van der Waals surface area contributed by atoms with Crippen LogP contribution in [0.5, 0.6) is 0 Å². The summed E-state index contributed by atoms with van der Waals surface area (Å²) in [6.45, 7) is 9.97. The van der Waals surface area contributed by atoms with E-state index in [2.05, 4.69) is 56.9 Å². The Bertz CT molecular complexity index is 348. The molecule has 0 amide bonds. The molecule has 1 aromatic rings. The van der Waals surface area contributed by atoms with Crippen LogP contribution in [0.15, 0.2) is 30.3 Å².